The van der Waals surface area contributed by atoms with Gasteiger partial charge in [0, 0.05) is 31.6 Å². The Balaban J connectivity index is 1.73. The van der Waals surface area contributed by atoms with E-state index in [1.807, 2.05) is 13.8 Å². The molecule has 3 rings (SSSR count). The molecule has 304 valence electrons. The number of hydrogen-bond acceptors (Lipinski definition) is 11. The molecule has 19 heteroatoms. The molecule has 18 nitrogen and oxygen atoms in total. The minimum Gasteiger partial charge on any atom is -0.508 e. The lowest BCUT2D eigenvalue weighted by Gasteiger charge is -2.36. The molecule has 0 heterocycles. The third-order valence-corrected chi connectivity index (χ3v) is 12.2. The van der Waals surface area contributed by atoms with Crippen molar-refractivity contribution < 1.29 is 62.1 Å². The van der Waals surface area contributed by atoms with Gasteiger partial charge in [-0.05, 0) is 54.2 Å². The molecule has 2 fully saturated rings. The highest BCUT2D eigenvalue weighted by atomic mass is 32.2. The lowest BCUT2D eigenvalue weighted by atomic mass is 9.70. The largest absolute Gasteiger partial charge is 0.508 e. The van der Waals surface area contributed by atoms with Crippen LogP contribution < -0.4 is 26.0 Å². The van der Waals surface area contributed by atoms with Crippen LogP contribution in [-0.4, -0.2) is 107 Å². The van der Waals surface area contributed by atoms with Gasteiger partial charge in [-0.3, -0.25) is 38.4 Å². The fourth-order valence-corrected chi connectivity index (χ4v) is 9.18. The van der Waals surface area contributed by atoms with Crippen molar-refractivity contribution in [1.82, 2.24) is 26.0 Å². The number of nitrogens with one attached hydrogen (secondary N) is 5. The van der Waals surface area contributed by atoms with Gasteiger partial charge in [0.05, 0.1) is 24.8 Å². The van der Waals surface area contributed by atoms with E-state index in [0.29, 0.717) is 18.4 Å². The number of Topliss-reactive ketones (excluding diaryl/α,β-unsaturated/α-hetero) is 2. The van der Waals surface area contributed by atoms with E-state index in [-0.39, 0.29) is 30.3 Å². The second-order valence-corrected chi connectivity index (χ2v) is 17.0. The van der Waals surface area contributed by atoms with Gasteiger partial charge in [0.1, 0.15) is 29.7 Å². The summed E-state index contributed by atoms with van der Waals surface area (Å²) in [4.78, 5) is 102. The second kappa shape index (κ2) is 18.1. The fraction of sp³-hybridized carbons (Fsp3) is 0.611. The van der Waals surface area contributed by atoms with Crippen LogP contribution in [0.5, 0.6) is 5.75 Å². The third kappa shape index (κ3) is 11.5. The van der Waals surface area contributed by atoms with Crippen molar-refractivity contribution in [2.24, 2.45) is 22.7 Å². The Morgan fingerprint density at radius 1 is 0.855 bits per heavy atom. The molecule has 6 unspecified atom stereocenters. The number of benzene rings is 1. The van der Waals surface area contributed by atoms with Gasteiger partial charge in [0.2, 0.25) is 33.7 Å². The van der Waals surface area contributed by atoms with E-state index in [2.05, 4.69) is 26.0 Å². The van der Waals surface area contributed by atoms with Crippen molar-refractivity contribution in [3.05, 3.63) is 29.8 Å². The van der Waals surface area contributed by atoms with Crippen molar-refractivity contribution in [2.75, 3.05) is 12.3 Å². The highest BCUT2D eigenvalue weighted by Gasteiger charge is 2.65. The monoisotopic (exact) mass is 793 g/mol. The summed E-state index contributed by atoms with van der Waals surface area (Å²) in [6.45, 7) is 7.00. The Hall–Kier alpha value is -4.91. The molecule has 0 radical (unpaired) electrons. The molecule has 2 bridgehead atoms. The summed E-state index contributed by atoms with van der Waals surface area (Å²) >= 11 is 0. The normalized spacial score (nSPS) is 20.8. The molecule has 2 aliphatic carbocycles. The maximum Gasteiger partial charge on any atom is 0.305 e. The van der Waals surface area contributed by atoms with Crippen molar-refractivity contribution in [3.63, 3.8) is 0 Å². The molecule has 0 aromatic heterocycles. The number of fused-ring (bicyclic) bond motifs is 2. The molecule has 1 aromatic carbocycles. The number of ketones is 2. The SMILES string of the molecule is CC(=O)NC(Cc1ccc(O)cc1)C(=O)NC(CCC(=O)O)C(=O)NC(C(=O)NC(CC(=O)O)C(=O)CNS(=O)(=O)CC12CCC(CC1=O)C2(C)C)C(C)C. The van der Waals surface area contributed by atoms with E-state index in [9.17, 15) is 62.1 Å². The van der Waals surface area contributed by atoms with Crippen LogP contribution in [0.3, 0.4) is 0 Å². The number of carboxylic acid groups (broad SMARTS) is 2. The molecule has 4 amide bonds. The van der Waals surface area contributed by atoms with Crippen LogP contribution in [0.2, 0.25) is 0 Å². The van der Waals surface area contributed by atoms with Gasteiger partial charge >= 0.3 is 11.9 Å². The molecule has 2 saturated carbocycles. The molecule has 8 N–H and O–H groups in total. The first-order valence-electron chi connectivity index (χ1n) is 17.9. The molecular formula is C36H51N5O13S. The van der Waals surface area contributed by atoms with Crippen LogP contribution in [0.25, 0.3) is 0 Å². The molecule has 0 saturated heterocycles. The van der Waals surface area contributed by atoms with Crippen LogP contribution in [0.1, 0.15) is 78.7 Å². The maximum atomic E-state index is 13.6. The van der Waals surface area contributed by atoms with Gasteiger partial charge in [0.15, 0.2) is 5.78 Å². The van der Waals surface area contributed by atoms with Crippen LogP contribution in [-0.2, 0) is 54.8 Å². The van der Waals surface area contributed by atoms with Gasteiger partial charge in [0.25, 0.3) is 0 Å². The quantitative estimate of drug-likeness (QED) is 0.0800. The van der Waals surface area contributed by atoms with Crippen LogP contribution in [0.15, 0.2) is 24.3 Å². The molecule has 2 aliphatic rings. The number of carboxylic acids is 2. The van der Waals surface area contributed by atoms with Crippen LogP contribution >= 0.6 is 0 Å². The topological polar surface area (TPSA) is 292 Å². The van der Waals surface area contributed by atoms with Crippen molar-refractivity contribution in [3.8, 4) is 5.75 Å². The summed E-state index contributed by atoms with van der Waals surface area (Å²) in [5.41, 5.74) is -1.16. The van der Waals surface area contributed by atoms with Crippen molar-refractivity contribution in [1.29, 1.82) is 0 Å². The summed E-state index contributed by atoms with van der Waals surface area (Å²) in [6, 6.07) is -0.202. The molecule has 0 spiro atoms. The number of hydrogen-bond donors (Lipinski definition) is 8. The first kappa shape index (κ1) is 44.5. The Labute approximate surface area is 319 Å². The number of rotatable bonds is 21. The van der Waals surface area contributed by atoms with Gasteiger partial charge < -0.3 is 36.6 Å². The average molecular weight is 794 g/mol. The van der Waals surface area contributed by atoms with Gasteiger partial charge in [-0.15, -0.1) is 0 Å². The number of phenols is 1. The number of carbonyl (C=O) groups is 8. The number of amides is 4. The zero-order valence-corrected chi connectivity index (χ0v) is 32.3. The Morgan fingerprint density at radius 3 is 1.96 bits per heavy atom. The van der Waals surface area contributed by atoms with Gasteiger partial charge in [-0.25, -0.2) is 13.1 Å². The number of sulfonamides is 1. The molecule has 0 aliphatic heterocycles. The fourth-order valence-electron chi connectivity index (χ4n) is 7.39. The Kier molecular flexibility index (Phi) is 14.7. The van der Waals surface area contributed by atoms with Crippen molar-refractivity contribution >= 4 is 57.2 Å². The number of carbonyl (C=O) groups excluding carboxylic acids is 6. The van der Waals surface area contributed by atoms with Crippen LogP contribution in [0.4, 0.5) is 0 Å². The van der Waals surface area contributed by atoms with E-state index in [0.717, 1.165) is 6.92 Å². The van der Waals surface area contributed by atoms with E-state index in [4.69, 9.17) is 0 Å². The van der Waals surface area contributed by atoms with E-state index in [1.165, 1.54) is 38.1 Å². The summed E-state index contributed by atoms with van der Waals surface area (Å²) in [5.74, 6) is -8.67. The minimum atomic E-state index is -4.23. The number of phenolic OH excluding ortho intramolecular Hbond substituents is 1. The Bertz CT molecular complexity index is 1780. The van der Waals surface area contributed by atoms with Crippen LogP contribution in [0, 0.1) is 22.7 Å². The summed E-state index contributed by atoms with van der Waals surface area (Å²) < 4.78 is 28.5. The molecular weight excluding hydrogens is 742 g/mol. The first-order chi connectivity index (χ1) is 25.5. The molecule has 55 heavy (non-hydrogen) atoms. The zero-order chi connectivity index (χ0) is 41.5. The zero-order valence-electron chi connectivity index (χ0n) is 31.5. The van der Waals surface area contributed by atoms with Crippen molar-refractivity contribution in [2.45, 2.75) is 104 Å². The molecule has 1 aromatic rings. The predicted octanol–water partition coefficient (Wildman–Crippen LogP) is -0.227. The summed E-state index contributed by atoms with van der Waals surface area (Å²) in [6.07, 6.45) is -0.678. The summed E-state index contributed by atoms with van der Waals surface area (Å²) in [7, 11) is -4.23. The minimum absolute atomic E-state index is 0.0366. The third-order valence-electron chi connectivity index (χ3n) is 10.7. The Morgan fingerprint density at radius 2 is 1.45 bits per heavy atom. The smallest absolute Gasteiger partial charge is 0.305 e. The predicted molar refractivity (Wildman–Crippen MR) is 195 cm³/mol. The second-order valence-electron chi connectivity index (χ2n) is 15.2. The lowest BCUT2D eigenvalue weighted by Crippen LogP contribution is -2.59. The lowest BCUT2D eigenvalue weighted by molar-refractivity contribution is -0.141. The maximum absolute atomic E-state index is 13.6. The molecule has 6 atom stereocenters. The highest BCUT2D eigenvalue weighted by Crippen LogP contribution is 2.64. The van der Waals surface area contributed by atoms with Gasteiger partial charge in [-0.2, -0.15) is 0 Å². The number of aliphatic carboxylic acids is 2. The van der Waals surface area contributed by atoms with E-state index >= 15 is 0 Å². The highest BCUT2D eigenvalue weighted by molar-refractivity contribution is 7.89. The first-order valence-corrected chi connectivity index (χ1v) is 19.6. The summed E-state index contributed by atoms with van der Waals surface area (Å²) in [5, 5.41) is 38.0. The van der Waals surface area contributed by atoms with Gasteiger partial charge in [-0.1, -0.05) is 39.8 Å². The van der Waals surface area contributed by atoms with E-state index < -0.39 is 124 Å². The number of aromatic hydroxyl groups is 1. The standard InChI is InChI=1S/C36H51N5O13S/c1-19(2)31(41-32(50)24(10-11-29(46)47)39-33(51)26(38-20(3)42)14-21-6-8-23(43)9-7-21)34(52)40-25(16-30(48)49)27(44)17-37-55(53,54)18-36-13-12-22(15-28(36)45)35(36,4)5/h6-9,19,22,24-26,31,37,43H,10-18H2,1-5H3,(H,38,42)(H,39,51)(H,40,52)(H,41,50)(H,46,47)(H,48,49). The average Bonchev–Trinajstić information content (AvgIpc) is 3.41. The van der Waals surface area contributed by atoms with E-state index in [1.54, 1.807) is 0 Å².